The zero-order chi connectivity index (χ0) is 25.1. The van der Waals surface area contributed by atoms with Gasteiger partial charge in [-0.2, -0.15) is 4.98 Å². The van der Waals surface area contributed by atoms with E-state index in [1.165, 1.54) is 36.6 Å². The van der Waals surface area contributed by atoms with Gasteiger partial charge >= 0.3 is 5.84 Å². The van der Waals surface area contributed by atoms with Crippen molar-refractivity contribution in [1.29, 1.82) is 0 Å². The molecule has 12 heteroatoms. The molecule has 36 heavy (non-hydrogen) atoms. The molecule has 3 aromatic heterocycles. The van der Waals surface area contributed by atoms with E-state index in [1.54, 1.807) is 35.0 Å². The molecule has 2 N–H and O–H groups in total. The van der Waals surface area contributed by atoms with E-state index >= 15 is 0 Å². The number of hydrogen-bond donors (Lipinski definition) is 2. The number of nitrogens with zero attached hydrogens (tertiary/aromatic N) is 4. The second kappa shape index (κ2) is 9.84. The highest BCUT2D eigenvalue weighted by Gasteiger charge is 2.20. The van der Waals surface area contributed by atoms with E-state index in [0.717, 1.165) is 6.07 Å². The molecule has 5 rings (SSSR count). The lowest BCUT2D eigenvalue weighted by molar-refractivity contribution is 0.576. The summed E-state index contributed by atoms with van der Waals surface area (Å²) in [5.41, 5.74) is 2.22. The van der Waals surface area contributed by atoms with Crippen LogP contribution < -0.4 is 10.0 Å². The van der Waals surface area contributed by atoms with Crippen LogP contribution in [0.3, 0.4) is 0 Å². The Bertz CT molecular complexity index is 1630. The zero-order valence-electron chi connectivity index (χ0n) is 18.7. The van der Waals surface area contributed by atoms with E-state index in [9.17, 15) is 17.2 Å². The van der Waals surface area contributed by atoms with Crippen LogP contribution in [0.2, 0.25) is 0 Å². The molecule has 0 amide bonds. The first-order valence-electron chi connectivity index (χ1n) is 10.9. The number of oxazole rings is 1. The maximum atomic E-state index is 13.9. The molecule has 0 spiro atoms. The van der Waals surface area contributed by atoms with Crippen LogP contribution in [0.5, 0.6) is 0 Å². The Hall–Kier alpha value is -4.16. The quantitative estimate of drug-likeness (QED) is 0.287. The molecular weight excluding hydrogens is 490 g/mol. The fourth-order valence-corrected chi connectivity index (χ4v) is 4.76. The normalized spacial score (nSPS) is 11.7. The lowest BCUT2D eigenvalue weighted by atomic mass is 10.1. The number of aromatic nitrogens is 4. The smallest absolute Gasteiger partial charge is 0.306 e. The standard InChI is InChI=1S/C24H20F2N6O3S/c25-17-5-1-4-16(14-17)21-22(32-12-13-35-24(32)31-21)20-8-11-28-23(30-20)27-9-3-10-29-36(33,34)19-7-2-6-18(26)15-19/h1-2,4-8,11-15,29H,3,9-10H2,(H,27,28,30). The van der Waals surface area contributed by atoms with E-state index in [-0.39, 0.29) is 17.3 Å². The number of imidazole rings is 1. The molecule has 0 aliphatic heterocycles. The lowest BCUT2D eigenvalue weighted by Crippen LogP contribution is -2.26. The van der Waals surface area contributed by atoms with Crippen LogP contribution in [0, 0.1) is 11.6 Å². The molecule has 0 aliphatic carbocycles. The van der Waals surface area contributed by atoms with Crippen molar-refractivity contribution in [1.82, 2.24) is 24.1 Å². The Morgan fingerprint density at radius 2 is 1.78 bits per heavy atom. The fourth-order valence-electron chi connectivity index (χ4n) is 3.66. The third kappa shape index (κ3) is 4.95. The minimum absolute atomic E-state index is 0.132. The molecule has 0 radical (unpaired) electrons. The van der Waals surface area contributed by atoms with Crippen molar-refractivity contribution in [2.24, 2.45) is 0 Å². The molecule has 184 valence electrons. The van der Waals surface area contributed by atoms with Crippen LogP contribution in [0.25, 0.3) is 28.5 Å². The van der Waals surface area contributed by atoms with Crippen LogP contribution >= 0.6 is 0 Å². The Morgan fingerprint density at radius 1 is 0.972 bits per heavy atom. The maximum Gasteiger partial charge on any atom is 0.306 e. The third-order valence-electron chi connectivity index (χ3n) is 5.29. The van der Waals surface area contributed by atoms with Crippen molar-refractivity contribution in [2.75, 3.05) is 18.4 Å². The first-order chi connectivity index (χ1) is 17.4. The number of anilines is 1. The third-order valence-corrected chi connectivity index (χ3v) is 6.75. The van der Waals surface area contributed by atoms with Crippen LogP contribution in [-0.2, 0) is 10.0 Å². The van der Waals surface area contributed by atoms with Gasteiger partial charge in [-0.3, -0.25) is 4.40 Å². The predicted octanol–water partition coefficient (Wildman–Crippen LogP) is 4.11. The zero-order valence-corrected chi connectivity index (χ0v) is 19.5. The monoisotopic (exact) mass is 510 g/mol. The fraction of sp³-hybridized carbons (Fsp3) is 0.125. The number of benzene rings is 2. The summed E-state index contributed by atoms with van der Waals surface area (Å²) in [6.45, 7) is 0.507. The number of hydrogen-bond acceptors (Lipinski definition) is 7. The number of sulfonamides is 1. The van der Waals surface area contributed by atoms with E-state index in [2.05, 4.69) is 25.0 Å². The molecule has 0 aliphatic rings. The lowest BCUT2D eigenvalue weighted by Gasteiger charge is -2.09. The highest BCUT2D eigenvalue weighted by molar-refractivity contribution is 7.89. The number of nitrogens with one attached hydrogen (secondary N) is 2. The van der Waals surface area contributed by atoms with Gasteiger partial charge in [0, 0.05) is 31.0 Å². The molecule has 0 saturated carbocycles. The van der Waals surface area contributed by atoms with Gasteiger partial charge in [0.25, 0.3) is 0 Å². The van der Waals surface area contributed by atoms with E-state index in [0.29, 0.717) is 47.4 Å². The van der Waals surface area contributed by atoms with Crippen molar-refractivity contribution in [3.8, 4) is 22.6 Å². The Labute approximate surface area is 204 Å². The van der Waals surface area contributed by atoms with Gasteiger partial charge in [-0.05, 0) is 42.8 Å². The molecule has 3 heterocycles. The van der Waals surface area contributed by atoms with E-state index in [1.807, 2.05) is 0 Å². The van der Waals surface area contributed by atoms with Gasteiger partial charge in [0.1, 0.15) is 29.3 Å². The minimum atomic E-state index is -3.81. The predicted molar refractivity (Wildman–Crippen MR) is 129 cm³/mol. The summed E-state index contributed by atoms with van der Waals surface area (Å²) in [7, 11) is -3.81. The van der Waals surface area contributed by atoms with E-state index in [4.69, 9.17) is 4.42 Å². The summed E-state index contributed by atoms with van der Waals surface area (Å²) >= 11 is 0. The Kier molecular flexibility index (Phi) is 6.44. The van der Waals surface area contributed by atoms with Crippen molar-refractivity contribution in [2.45, 2.75) is 11.3 Å². The largest absolute Gasteiger partial charge is 0.432 e. The van der Waals surface area contributed by atoms with Gasteiger partial charge in [0.05, 0.1) is 10.6 Å². The van der Waals surface area contributed by atoms with Crippen molar-refractivity contribution < 1.29 is 21.6 Å². The van der Waals surface area contributed by atoms with Crippen molar-refractivity contribution in [3.63, 3.8) is 0 Å². The second-order valence-electron chi connectivity index (χ2n) is 7.78. The second-order valence-corrected chi connectivity index (χ2v) is 9.54. The Morgan fingerprint density at radius 3 is 2.58 bits per heavy atom. The van der Waals surface area contributed by atoms with Gasteiger partial charge < -0.3 is 9.73 Å². The summed E-state index contributed by atoms with van der Waals surface area (Å²) in [6.07, 6.45) is 5.19. The maximum absolute atomic E-state index is 13.9. The molecule has 9 nitrogen and oxygen atoms in total. The summed E-state index contributed by atoms with van der Waals surface area (Å²) in [6, 6.07) is 12.6. The Balaban J connectivity index is 1.28. The van der Waals surface area contributed by atoms with Gasteiger partial charge in [0.2, 0.25) is 16.0 Å². The van der Waals surface area contributed by atoms with Crippen LogP contribution in [0.1, 0.15) is 6.42 Å². The summed E-state index contributed by atoms with van der Waals surface area (Å²) in [4.78, 5) is 13.1. The summed E-state index contributed by atoms with van der Waals surface area (Å²) < 4.78 is 61.3. The average molecular weight is 511 g/mol. The first-order valence-corrected chi connectivity index (χ1v) is 12.4. The number of rotatable bonds is 9. The molecule has 2 aromatic carbocycles. The van der Waals surface area contributed by atoms with Crippen LogP contribution in [-0.4, -0.2) is 40.9 Å². The van der Waals surface area contributed by atoms with Gasteiger partial charge in [-0.15, -0.1) is 0 Å². The molecule has 0 atom stereocenters. The number of fused-ring (bicyclic) bond motifs is 1. The molecule has 0 bridgehead atoms. The molecule has 0 fully saturated rings. The van der Waals surface area contributed by atoms with Crippen LogP contribution in [0.15, 0.2) is 82.6 Å². The molecule has 0 saturated heterocycles. The highest BCUT2D eigenvalue weighted by Crippen LogP contribution is 2.32. The van der Waals surface area contributed by atoms with Gasteiger partial charge in [-0.1, -0.05) is 18.2 Å². The summed E-state index contributed by atoms with van der Waals surface area (Å²) in [5, 5.41) is 3.06. The molecule has 5 aromatic rings. The van der Waals surface area contributed by atoms with Crippen molar-refractivity contribution >= 4 is 21.8 Å². The van der Waals surface area contributed by atoms with E-state index < -0.39 is 15.8 Å². The SMILES string of the molecule is O=S(=O)(NCCCNc1nccc(-c2c(-c3cccc(F)c3)nc3occn23)n1)c1cccc(F)c1. The first kappa shape index (κ1) is 23.6. The molecule has 0 unspecified atom stereocenters. The highest BCUT2D eigenvalue weighted by atomic mass is 32.2. The number of halogens is 2. The van der Waals surface area contributed by atoms with Crippen LogP contribution in [0.4, 0.5) is 14.7 Å². The molecular formula is C24H20F2N6O3S. The summed E-state index contributed by atoms with van der Waals surface area (Å²) in [5.74, 6) is -0.351. The average Bonchev–Trinajstić information content (AvgIpc) is 3.45. The topological polar surface area (TPSA) is 114 Å². The van der Waals surface area contributed by atoms with Gasteiger partial charge in [0.15, 0.2) is 0 Å². The minimum Gasteiger partial charge on any atom is -0.432 e. The van der Waals surface area contributed by atoms with Crippen molar-refractivity contribution in [3.05, 3.63) is 84.9 Å². The van der Waals surface area contributed by atoms with Gasteiger partial charge in [-0.25, -0.2) is 31.9 Å².